The second-order valence-corrected chi connectivity index (χ2v) is 7.89. The number of rotatable bonds is 5. The van der Waals surface area contributed by atoms with Gasteiger partial charge in [-0.25, -0.2) is 0 Å². The zero-order valence-corrected chi connectivity index (χ0v) is 16.8. The molecular formula is C23H29N3O. The van der Waals surface area contributed by atoms with Gasteiger partial charge in [-0.15, -0.1) is 0 Å². The average Bonchev–Trinajstić information content (AvgIpc) is 2.98. The van der Waals surface area contributed by atoms with Crippen LogP contribution in [0.4, 0.5) is 0 Å². The average molecular weight is 364 g/mol. The number of nitrogens with zero attached hydrogens (tertiary/aromatic N) is 3. The third-order valence-corrected chi connectivity index (χ3v) is 5.23. The molecule has 1 unspecified atom stereocenters. The maximum absolute atomic E-state index is 12.8. The number of carbonyl (C=O) groups excluding carboxylic acids is 1. The fourth-order valence-electron chi connectivity index (χ4n) is 3.53. The molecule has 142 valence electrons. The van der Waals surface area contributed by atoms with Gasteiger partial charge in [0.25, 0.3) is 5.91 Å². The summed E-state index contributed by atoms with van der Waals surface area (Å²) < 4.78 is 0. The van der Waals surface area contributed by atoms with E-state index in [4.69, 9.17) is 0 Å². The molecule has 4 nitrogen and oxygen atoms in total. The number of carbonyl (C=O) groups is 1. The number of hydrogen-bond acceptors (Lipinski definition) is 3. The lowest BCUT2D eigenvalue weighted by Gasteiger charge is -2.17. The fourth-order valence-corrected chi connectivity index (χ4v) is 3.53. The molecule has 2 aliphatic heterocycles. The Morgan fingerprint density at radius 2 is 2.04 bits per heavy atom. The second kappa shape index (κ2) is 8.41. The molecule has 1 aromatic carbocycles. The maximum atomic E-state index is 12.8. The van der Waals surface area contributed by atoms with Crippen LogP contribution in [0.15, 0.2) is 58.5 Å². The summed E-state index contributed by atoms with van der Waals surface area (Å²) in [5.74, 6) is 1.07. The highest BCUT2D eigenvalue weighted by Crippen LogP contribution is 2.26. The molecule has 27 heavy (non-hydrogen) atoms. The van der Waals surface area contributed by atoms with Crippen molar-refractivity contribution in [2.24, 2.45) is 10.9 Å². The summed E-state index contributed by atoms with van der Waals surface area (Å²) in [6.45, 7) is 5.95. The molecule has 0 N–H and O–H groups in total. The minimum Gasteiger partial charge on any atom is -0.371 e. The standard InChI is InChI=1S/C23H29N3O/c1-17(2)19-7-9-20(10-8-19)23(27)26-13-11-18(16-26)14-21-15-22(25(3)4)6-5-12-24-21/h5,7-10,12,15,17-18H,11,13-14,16H2,1-4H3. The van der Waals surface area contributed by atoms with Gasteiger partial charge >= 0.3 is 0 Å². The van der Waals surface area contributed by atoms with Crippen LogP contribution < -0.4 is 0 Å². The number of allylic oxidation sites excluding steroid dienone is 2. The first-order valence-electron chi connectivity index (χ1n) is 9.70. The van der Waals surface area contributed by atoms with Gasteiger partial charge in [0.05, 0.1) is 5.70 Å². The van der Waals surface area contributed by atoms with Crippen molar-refractivity contribution < 1.29 is 4.79 Å². The topological polar surface area (TPSA) is 35.9 Å². The molecule has 2 aliphatic rings. The van der Waals surface area contributed by atoms with Crippen molar-refractivity contribution in [1.82, 2.24) is 9.80 Å². The number of aliphatic imine (C=N–C) groups is 1. The lowest BCUT2D eigenvalue weighted by Crippen LogP contribution is -2.28. The summed E-state index contributed by atoms with van der Waals surface area (Å²) >= 11 is 0. The smallest absolute Gasteiger partial charge is 0.253 e. The summed E-state index contributed by atoms with van der Waals surface area (Å²) in [5, 5.41) is 0. The highest BCUT2D eigenvalue weighted by Gasteiger charge is 2.27. The third kappa shape index (κ3) is 4.78. The van der Waals surface area contributed by atoms with Crippen LogP contribution in [0.25, 0.3) is 0 Å². The van der Waals surface area contributed by atoms with E-state index in [9.17, 15) is 4.79 Å². The molecule has 0 spiro atoms. The Balaban J connectivity index is 1.61. The molecule has 1 amide bonds. The normalized spacial score (nSPS) is 19.1. The van der Waals surface area contributed by atoms with Crippen LogP contribution >= 0.6 is 0 Å². The molecule has 1 saturated heterocycles. The molecule has 0 aliphatic carbocycles. The molecule has 0 bridgehead atoms. The molecule has 4 heteroatoms. The Kier molecular flexibility index (Phi) is 5.98. The van der Waals surface area contributed by atoms with E-state index < -0.39 is 0 Å². The fraction of sp³-hybridized carbons (Fsp3) is 0.435. The number of likely N-dealkylation sites (tertiary alicyclic amines) is 1. The van der Waals surface area contributed by atoms with Gasteiger partial charge in [-0.1, -0.05) is 31.7 Å². The zero-order valence-electron chi connectivity index (χ0n) is 16.8. The van der Waals surface area contributed by atoms with Crippen molar-refractivity contribution in [3.63, 3.8) is 0 Å². The first-order chi connectivity index (χ1) is 12.9. The SMILES string of the molecule is CC(C)c1ccc(C(=O)N2CCC(CC3=CC(N(C)C)=C=CC=N3)C2)cc1. The van der Waals surface area contributed by atoms with Gasteiger partial charge in [0, 0.05) is 50.7 Å². The Hall–Kier alpha value is -2.58. The van der Waals surface area contributed by atoms with E-state index in [0.717, 1.165) is 42.9 Å². The summed E-state index contributed by atoms with van der Waals surface area (Å²) in [6, 6.07) is 8.06. The van der Waals surface area contributed by atoms with Crippen molar-refractivity contribution in [1.29, 1.82) is 0 Å². The zero-order chi connectivity index (χ0) is 19.4. The minimum atomic E-state index is 0.140. The van der Waals surface area contributed by atoms with Gasteiger partial charge in [-0.3, -0.25) is 9.79 Å². The van der Waals surface area contributed by atoms with E-state index in [0.29, 0.717) is 11.8 Å². The highest BCUT2D eigenvalue weighted by molar-refractivity contribution is 5.94. The van der Waals surface area contributed by atoms with Crippen LogP contribution in [0.1, 0.15) is 48.5 Å². The summed E-state index contributed by atoms with van der Waals surface area (Å²) in [4.78, 5) is 21.4. The van der Waals surface area contributed by atoms with Crippen molar-refractivity contribution in [3.05, 3.63) is 64.7 Å². The largest absolute Gasteiger partial charge is 0.371 e. The lowest BCUT2D eigenvalue weighted by atomic mass is 10.0. The van der Waals surface area contributed by atoms with Gasteiger partial charge in [0.2, 0.25) is 0 Å². The minimum absolute atomic E-state index is 0.140. The van der Waals surface area contributed by atoms with E-state index in [1.54, 1.807) is 6.21 Å². The van der Waals surface area contributed by atoms with Gasteiger partial charge < -0.3 is 9.80 Å². The van der Waals surface area contributed by atoms with E-state index in [1.807, 2.05) is 42.1 Å². The predicted molar refractivity (Wildman–Crippen MR) is 111 cm³/mol. The molecule has 1 atom stereocenters. The Labute approximate surface area is 162 Å². The number of likely N-dealkylation sites (N-methyl/N-ethyl adjacent to an activating group) is 1. The van der Waals surface area contributed by atoms with Gasteiger partial charge in [0.15, 0.2) is 0 Å². The highest BCUT2D eigenvalue weighted by atomic mass is 16.2. The van der Waals surface area contributed by atoms with Crippen molar-refractivity contribution in [2.75, 3.05) is 27.2 Å². The Morgan fingerprint density at radius 3 is 2.70 bits per heavy atom. The van der Waals surface area contributed by atoms with E-state index >= 15 is 0 Å². The van der Waals surface area contributed by atoms with Crippen molar-refractivity contribution >= 4 is 12.1 Å². The number of amides is 1. The molecule has 1 fully saturated rings. The maximum Gasteiger partial charge on any atom is 0.253 e. The Morgan fingerprint density at radius 1 is 1.30 bits per heavy atom. The predicted octanol–water partition coefficient (Wildman–Crippen LogP) is 4.23. The van der Waals surface area contributed by atoms with E-state index in [1.165, 1.54) is 5.56 Å². The quantitative estimate of drug-likeness (QED) is 0.734. The molecule has 2 heterocycles. The molecule has 0 aromatic heterocycles. The summed E-state index contributed by atoms with van der Waals surface area (Å²) in [5.41, 5.74) is 7.36. The second-order valence-electron chi connectivity index (χ2n) is 7.89. The van der Waals surface area contributed by atoms with Crippen LogP contribution in [0.5, 0.6) is 0 Å². The van der Waals surface area contributed by atoms with Gasteiger partial charge in [-0.05, 0) is 48.4 Å². The first-order valence-corrected chi connectivity index (χ1v) is 9.70. The Bertz CT molecular complexity index is 809. The lowest BCUT2D eigenvalue weighted by molar-refractivity contribution is 0.0787. The van der Waals surface area contributed by atoms with Crippen LogP contribution in [0.2, 0.25) is 0 Å². The van der Waals surface area contributed by atoms with Crippen LogP contribution in [-0.2, 0) is 0 Å². The van der Waals surface area contributed by atoms with Gasteiger partial charge in [0.1, 0.15) is 0 Å². The number of benzene rings is 1. The number of hydrogen-bond donors (Lipinski definition) is 0. The van der Waals surface area contributed by atoms with E-state index in [2.05, 4.69) is 42.8 Å². The molecule has 0 radical (unpaired) electrons. The van der Waals surface area contributed by atoms with Crippen molar-refractivity contribution in [2.45, 2.75) is 32.6 Å². The molecule has 1 aromatic rings. The van der Waals surface area contributed by atoms with E-state index in [-0.39, 0.29) is 5.91 Å². The molecule has 0 saturated carbocycles. The third-order valence-electron chi connectivity index (χ3n) is 5.23. The van der Waals surface area contributed by atoms with Gasteiger partial charge in [-0.2, -0.15) is 0 Å². The van der Waals surface area contributed by atoms with Crippen molar-refractivity contribution in [3.8, 4) is 0 Å². The monoisotopic (exact) mass is 363 g/mol. The van der Waals surface area contributed by atoms with Crippen LogP contribution in [0.3, 0.4) is 0 Å². The van der Waals surface area contributed by atoms with Crippen LogP contribution in [-0.4, -0.2) is 49.1 Å². The molecular weight excluding hydrogens is 334 g/mol. The molecule has 3 rings (SSSR count). The van der Waals surface area contributed by atoms with Crippen LogP contribution in [0, 0.1) is 5.92 Å². The summed E-state index contributed by atoms with van der Waals surface area (Å²) in [6.07, 6.45) is 7.66. The summed E-state index contributed by atoms with van der Waals surface area (Å²) in [7, 11) is 4.02. The first kappa shape index (κ1) is 19.2.